The minimum atomic E-state index is -0.652. The first kappa shape index (κ1) is 32.8. The molecule has 10 heteroatoms. The van der Waals surface area contributed by atoms with E-state index >= 15 is 0 Å². The molecule has 3 saturated heterocycles. The van der Waals surface area contributed by atoms with Crippen LogP contribution >= 0.6 is 0 Å². The normalized spacial score (nSPS) is 22.1. The van der Waals surface area contributed by atoms with Gasteiger partial charge in [0, 0.05) is 49.5 Å². The molecule has 0 bridgehead atoms. The maximum Gasteiger partial charge on any atom is 0.319 e. The molecule has 0 aromatic heterocycles. The number of nitrogens with zero attached hydrogens (tertiary/aromatic N) is 2. The first-order valence-corrected chi connectivity index (χ1v) is 17.0. The second kappa shape index (κ2) is 14.8. The lowest BCUT2D eigenvalue weighted by molar-refractivity contribution is -0.253. The van der Waals surface area contributed by atoms with Gasteiger partial charge in [-0.15, -0.1) is 0 Å². The van der Waals surface area contributed by atoms with Crippen LogP contribution in [-0.4, -0.2) is 59.9 Å². The highest BCUT2D eigenvalue weighted by atomic mass is 16.7. The summed E-state index contributed by atoms with van der Waals surface area (Å²) in [6.45, 7) is 3.17. The quantitative estimate of drug-likeness (QED) is 0.188. The van der Waals surface area contributed by atoms with E-state index < -0.39 is 11.8 Å². The molecule has 0 saturated carbocycles. The van der Waals surface area contributed by atoms with E-state index in [4.69, 9.17) is 9.47 Å². The molecule has 3 fully saturated rings. The van der Waals surface area contributed by atoms with Gasteiger partial charge in [0.15, 0.2) is 6.29 Å². The molecule has 7 rings (SSSR count). The van der Waals surface area contributed by atoms with E-state index in [1.165, 1.54) is 0 Å². The number of amides is 3. The zero-order chi connectivity index (χ0) is 33.6. The second-order valence-corrected chi connectivity index (χ2v) is 13.0. The van der Waals surface area contributed by atoms with Crippen molar-refractivity contribution in [2.45, 2.75) is 56.5 Å². The molecule has 3 heterocycles. The maximum atomic E-state index is 13.2. The molecule has 3 amide bonds. The van der Waals surface area contributed by atoms with E-state index in [2.05, 4.69) is 37.9 Å². The number of anilines is 2. The van der Waals surface area contributed by atoms with Crippen LogP contribution in [0, 0.1) is 0 Å². The van der Waals surface area contributed by atoms with Crippen molar-refractivity contribution in [3.05, 3.63) is 131 Å². The average Bonchev–Trinajstić information content (AvgIpc) is 3.46. The molecular formula is C39H43N5O5. The van der Waals surface area contributed by atoms with Crippen LogP contribution in [0.1, 0.15) is 53.9 Å². The van der Waals surface area contributed by atoms with Gasteiger partial charge in [0.05, 0.1) is 25.5 Å². The van der Waals surface area contributed by atoms with Crippen LogP contribution in [0.25, 0.3) is 0 Å². The van der Waals surface area contributed by atoms with Gasteiger partial charge in [0.2, 0.25) is 5.91 Å². The number of ether oxygens (including phenoxy) is 2. The number of rotatable bonds is 9. The predicted molar refractivity (Wildman–Crippen MR) is 187 cm³/mol. The van der Waals surface area contributed by atoms with Crippen molar-refractivity contribution in [2.75, 3.05) is 36.5 Å². The van der Waals surface area contributed by atoms with E-state index in [1.807, 2.05) is 97.1 Å². The molecule has 0 unspecified atom stereocenters. The van der Waals surface area contributed by atoms with E-state index in [1.54, 1.807) is 0 Å². The van der Waals surface area contributed by atoms with E-state index in [-0.39, 0.29) is 30.8 Å². The third-order valence-corrected chi connectivity index (χ3v) is 9.88. The molecule has 254 valence electrons. The highest BCUT2D eigenvalue weighted by Crippen LogP contribution is 2.40. The Balaban J connectivity index is 1.04. The van der Waals surface area contributed by atoms with Crippen LogP contribution in [0.2, 0.25) is 0 Å². The number of nitrogens with one attached hydrogen (secondary N) is 3. The summed E-state index contributed by atoms with van der Waals surface area (Å²) in [6.07, 6.45) is 1.10. The summed E-state index contributed by atoms with van der Waals surface area (Å²) in [4.78, 5) is 30.6. The third kappa shape index (κ3) is 7.47. The van der Waals surface area contributed by atoms with E-state index in [0.717, 1.165) is 53.9 Å². The summed E-state index contributed by atoms with van der Waals surface area (Å²) in [5.74, 6) is 0.104. The topological polar surface area (TPSA) is 115 Å². The lowest BCUT2D eigenvalue weighted by Crippen LogP contribution is -2.57. The number of likely N-dealkylation sites (tertiary alicyclic amines) is 1. The number of carbonyl (C=O) groups is 2. The minimum Gasteiger partial charge on any atom is -0.392 e. The molecule has 1 spiro atoms. The molecule has 3 atom stereocenters. The predicted octanol–water partition coefficient (Wildman–Crippen LogP) is 5.47. The Labute approximate surface area is 287 Å². The number of urea groups is 1. The molecule has 4 N–H and O–H groups in total. The van der Waals surface area contributed by atoms with Crippen LogP contribution in [0.3, 0.4) is 0 Å². The lowest BCUT2D eigenvalue weighted by atomic mass is 9.85. The highest BCUT2D eigenvalue weighted by molar-refractivity contribution is 5.93. The fraction of sp³-hybridized carbons (Fsp3) is 0.333. The number of hydrogen-bond acceptors (Lipinski definition) is 7. The van der Waals surface area contributed by atoms with Crippen molar-refractivity contribution >= 4 is 23.3 Å². The summed E-state index contributed by atoms with van der Waals surface area (Å²) >= 11 is 0. The molecule has 49 heavy (non-hydrogen) atoms. The summed E-state index contributed by atoms with van der Waals surface area (Å²) in [5.41, 5.74) is 4.84. The van der Waals surface area contributed by atoms with Gasteiger partial charge in [-0.3, -0.25) is 4.79 Å². The Kier molecular flexibility index (Phi) is 9.90. The van der Waals surface area contributed by atoms with Crippen LogP contribution < -0.4 is 20.9 Å². The zero-order valence-electron chi connectivity index (χ0n) is 27.5. The number of hydrogen-bond donors (Lipinski definition) is 4. The van der Waals surface area contributed by atoms with Crippen molar-refractivity contribution in [1.29, 1.82) is 0 Å². The Morgan fingerprint density at radius 3 is 2.33 bits per heavy atom. The smallest absolute Gasteiger partial charge is 0.319 e. The maximum absolute atomic E-state index is 13.2. The molecule has 3 aliphatic heterocycles. The van der Waals surface area contributed by atoms with Gasteiger partial charge in [-0.1, -0.05) is 84.9 Å². The second-order valence-electron chi connectivity index (χ2n) is 13.0. The molecule has 4 aromatic carbocycles. The Morgan fingerprint density at radius 1 is 0.857 bits per heavy atom. The molecule has 4 aromatic rings. The fourth-order valence-electron chi connectivity index (χ4n) is 7.18. The van der Waals surface area contributed by atoms with Crippen molar-refractivity contribution in [3.8, 4) is 0 Å². The third-order valence-electron chi connectivity index (χ3n) is 9.88. The summed E-state index contributed by atoms with van der Waals surface area (Å²) in [6, 6.07) is 35.1. The zero-order valence-corrected chi connectivity index (χ0v) is 27.5. The van der Waals surface area contributed by atoms with Gasteiger partial charge in [0.25, 0.3) is 0 Å². The number of aliphatic hydroxyl groups excluding tert-OH is 1. The van der Waals surface area contributed by atoms with E-state index in [0.29, 0.717) is 31.9 Å². The number of piperidine rings is 1. The Bertz CT molecular complexity index is 1710. The first-order valence-electron chi connectivity index (χ1n) is 17.0. The number of carbonyl (C=O) groups excluding carboxylic acids is 2. The average molecular weight is 662 g/mol. The molecule has 0 radical (unpaired) electrons. The number of benzene rings is 4. The first-order chi connectivity index (χ1) is 24.0. The van der Waals surface area contributed by atoms with Gasteiger partial charge in [-0.05, 0) is 53.8 Å². The number of para-hydroxylation sites is 1. The van der Waals surface area contributed by atoms with Gasteiger partial charge >= 0.3 is 6.03 Å². The fourth-order valence-corrected chi connectivity index (χ4v) is 7.18. The summed E-state index contributed by atoms with van der Waals surface area (Å²) in [5, 5.41) is 18.5. The van der Waals surface area contributed by atoms with Crippen LogP contribution in [-0.2, 0) is 27.4 Å². The molecule has 10 nitrogen and oxygen atoms in total. The van der Waals surface area contributed by atoms with Gasteiger partial charge < -0.3 is 40.3 Å². The van der Waals surface area contributed by atoms with Crippen LogP contribution in [0.5, 0.6) is 0 Å². The minimum absolute atomic E-state index is 0.0188. The van der Waals surface area contributed by atoms with Gasteiger partial charge in [-0.2, -0.15) is 0 Å². The largest absolute Gasteiger partial charge is 0.392 e. The Hall–Kier alpha value is -4.74. The van der Waals surface area contributed by atoms with Crippen molar-refractivity contribution in [3.63, 3.8) is 0 Å². The van der Waals surface area contributed by atoms with Crippen molar-refractivity contribution in [2.24, 2.45) is 0 Å². The number of aliphatic hydroxyl groups is 1. The van der Waals surface area contributed by atoms with Crippen LogP contribution in [0.15, 0.2) is 109 Å². The van der Waals surface area contributed by atoms with E-state index in [9.17, 15) is 14.7 Å². The van der Waals surface area contributed by atoms with Crippen molar-refractivity contribution in [1.82, 2.24) is 15.5 Å². The highest BCUT2D eigenvalue weighted by Gasteiger charge is 2.50. The molecular weight excluding hydrogens is 618 g/mol. The standard InChI is InChI=1S/C39H43N5O5/c45-26-29-14-16-30(17-15-29)35-23-34(25-43-20-18-39(19-21-43)37(46)41-27-44(39)33-12-5-2-6-13-33)48-36(49-35)31-10-7-11-32(22-31)42-38(47)40-24-28-8-3-1-4-9-28/h1-17,22,34-36,45H,18-21,23-27H2,(H,41,46)(H2,40,42,47)/t34-,35+,36+/m0/s1. The van der Waals surface area contributed by atoms with Crippen LogP contribution in [0.4, 0.5) is 16.2 Å². The Morgan fingerprint density at radius 2 is 1.59 bits per heavy atom. The SMILES string of the molecule is O=C(NCc1ccccc1)Nc1cccc([C@@H]2O[C@H](CN3CCC4(CC3)C(=O)NCN4c3ccccc3)C[C@H](c3ccc(CO)cc3)O2)c1. The lowest BCUT2D eigenvalue weighted by Gasteiger charge is -2.45. The summed E-state index contributed by atoms with van der Waals surface area (Å²) < 4.78 is 13.2. The summed E-state index contributed by atoms with van der Waals surface area (Å²) in [7, 11) is 0. The van der Waals surface area contributed by atoms with Gasteiger partial charge in [0.1, 0.15) is 5.54 Å². The molecule has 0 aliphatic carbocycles. The molecule has 3 aliphatic rings. The van der Waals surface area contributed by atoms with Crippen molar-refractivity contribution < 1.29 is 24.2 Å². The monoisotopic (exact) mass is 661 g/mol. The van der Waals surface area contributed by atoms with Gasteiger partial charge in [-0.25, -0.2) is 4.79 Å².